The quantitative estimate of drug-likeness (QED) is 0.892. The monoisotopic (exact) mass is 312 g/mol. The third-order valence-corrected chi connectivity index (χ3v) is 3.56. The molecule has 0 aromatic heterocycles. The second-order valence-corrected chi connectivity index (χ2v) is 5.69. The zero-order valence-electron chi connectivity index (χ0n) is 11.6. The lowest BCUT2D eigenvalue weighted by molar-refractivity contribution is -0.135. The van der Waals surface area contributed by atoms with Gasteiger partial charge in [-0.15, -0.1) is 0 Å². The molecule has 6 nitrogen and oxygen atoms in total. The van der Waals surface area contributed by atoms with Crippen LogP contribution < -0.4 is 10.2 Å². The van der Waals surface area contributed by atoms with Crippen LogP contribution in [0.5, 0.6) is 0 Å². The number of rotatable bonds is 4. The topological polar surface area (TPSA) is 78.9 Å². The lowest BCUT2D eigenvalue weighted by Gasteiger charge is -2.29. The van der Waals surface area contributed by atoms with Gasteiger partial charge in [0, 0.05) is 17.3 Å². The van der Waals surface area contributed by atoms with Crippen molar-refractivity contribution in [3.8, 4) is 0 Å². The summed E-state index contributed by atoms with van der Waals surface area (Å²) >= 11 is 5.81. The number of hydrogen-bond acceptors (Lipinski definition) is 3. The number of nitrogens with zero attached hydrogens (tertiary/aromatic N) is 1. The Balaban J connectivity index is 2.16. The normalized spacial score (nSPS) is 21.0. The van der Waals surface area contributed by atoms with E-state index in [-0.39, 0.29) is 0 Å². The van der Waals surface area contributed by atoms with E-state index in [1.807, 2.05) is 6.92 Å². The molecule has 0 radical (unpaired) electrons. The van der Waals surface area contributed by atoms with Gasteiger partial charge in [-0.1, -0.05) is 11.6 Å². The summed E-state index contributed by atoms with van der Waals surface area (Å²) in [5.41, 5.74) is 0.00194. The van der Waals surface area contributed by atoms with Crippen molar-refractivity contribution >= 4 is 29.3 Å². The fourth-order valence-electron chi connectivity index (χ4n) is 2.13. The number of anilines is 1. The number of carbonyl (C=O) groups excluding carboxylic acids is 1. The van der Waals surface area contributed by atoms with Gasteiger partial charge in [0.1, 0.15) is 6.54 Å². The molecule has 0 aliphatic carbocycles. The lowest BCUT2D eigenvalue weighted by Crippen LogP contribution is -2.53. The average molecular weight is 313 g/mol. The lowest BCUT2D eigenvalue weighted by atomic mass is 10.0. The largest absolute Gasteiger partial charge is 0.480 e. The molecule has 7 heteroatoms. The van der Waals surface area contributed by atoms with Gasteiger partial charge in [0.05, 0.1) is 12.1 Å². The Morgan fingerprint density at radius 2 is 2.10 bits per heavy atom. The molecule has 1 atom stereocenters. The molecule has 1 unspecified atom stereocenters. The molecule has 0 bridgehead atoms. The number of carboxylic acid groups (broad SMARTS) is 1. The smallest absolute Gasteiger partial charge is 0.323 e. The van der Waals surface area contributed by atoms with E-state index in [0.29, 0.717) is 30.3 Å². The maximum absolute atomic E-state index is 12.4. The van der Waals surface area contributed by atoms with Gasteiger partial charge in [-0.2, -0.15) is 0 Å². The van der Waals surface area contributed by atoms with Crippen LogP contribution in [0.2, 0.25) is 5.02 Å². The Morgan fingerprint density at radius 1 is 1.43 bits per heavy atom. The molecule has 1 heterocycles. The van der Waals surface area contributed by atoms with Crippen molar-refractivity contribution in [2.75, 3.05) is 24.7 Å². The van der Waals surface area contributed by atoms with Gasteiger partial charge in [0.2, 0.25) is 0 Å². The Kier molecular flexibility index (Phi) is 4.69. The molecule has 1 aromatic carbocycles. The standard InChI is InChI=1S/C14H17ClN2O4/c1-14(6-7-21-9-14)16-13(20)17(8-12(18)19)11-4-2-10(15)3-5-11/h2-5H,6-9H2,1H3,(H,16,20)(H,18,19). The second-order valence-electron chi connectivity index (χ2n) is 5.25. The SMILES string of the molecule is CC1(NC(=O)N(CC(=O)O)c2ccc(Cl)cc2)CCOC1. The van der Waals surface area contributed by atoms with Crippen LogP contribution in [0.15, 0.2) is 24.3 Å². The van der Waals surface area contributed by atoms with Crippen molar-refractivity contribution in [2.45, 2.75) is 18.9 Å². The van der Waals surface area contributed by atoms with Crippen molar-refractivity contribution in [3.63, 3.8) is 0 Å². The van der Waals surface area contributed by atoms with Crippen LogP contribution in [0.1, 0.15) is 13.3 Å². The summed E-state index contributed by atoms with van der Waals surface area (Å²) in [7, 11) is 0. The molecule has 1 aromatic rings. The molecule has 0 saturated carbocycles. The number of amides is 2. The summed E-state index contributed by atoms with van der Waals surface area (Å²) < 4.78 is 5.28. The molecule has 1 aliphatic rings. The van der Waals surface area contributed by atoms with Crippen LogP contribution in [-0.4, -0.2) is 42.4 Å². The molecular formula is C14H17ClN2O4. The van der Waals surface area contributed by atoms with E-state index >= 15 is 0 Å². The van der Waals surface area contributed by atoms with Crippen LogP contribution in [0, 0.1) is 0 Å². The second kappa shape index (κ2) is 6.32. The van der Waals surface area contributed by atoms with Crippen molar-refractivity contribution in [3.05, 3.63) is 29.3 Å². The molecule has 1 aliphatic heterocycles. The van der Waals surface area contributed by atoms with Crippen molar-refractivity contribution < 1.29 is 19.4 Å². The molecule has 114 valence electrons. The highest BCUT2D eigenvalue weighted by Crippen LogP contribution is 2.21. The maximum atomic E-state index is 12.4. The Labute approximate surface area is 127 Å². The van der Waals surface area contributed by atoms with Gasteiger partial charge in [-0.3, -0.25) is 9.69 Å². The highest BCUT2D eigenvalue weighted by Gasteiger charge is 2.33. The number of benzene rings is 1. The van der Waals surface area contributed by atoms with Gasteiger partial charge in [0.15, 0.2) is 0 Å². The van der Waals surface area contributed by atoms with Crippen molar-refractivity contribution in [1.29, 1.82) is 0 Å². The van der Waals surface area contributed by atoms with Gasteiger partial charge in [-0.25, -0.2) is 4.79 Å². The number of aliphatic carboxylic acids is 1. The van der Waals surface area contributed by atoms with E-state index in [2.05, 4.69) is 5.32 Å². The molecular weight excluding hydrogens is 296 g/mol. The minimum absolute atomic E-state index is 0.417. The van der Waals surface area contributed by atoms with E-state index in [4.69, 9.17) is 21.4 Å². The number of carboxylic acids is 1. The molecule has 0 spiro atoms. The zero-order chi connectivity index (χ0) is 15.5. The molecule has 1 fully saturated rings. The number of ether oxygens (including phenoxy) is 1. The number of urea groups is 1. The molecule has 2 N–H and O–H groups in total. The fraction of sp³-hybridized carbons (Fsp3) is 0.429. The predicted octanol–water partition coefficient (Wildman–Crippen LogP) is 2.12. The fourth-order valence-corrected chi connectivity index (χ4v) is 2.25. The van der Waals surface area contributed by atoms with E-state index in [9.17, 15) is 9.59 Å². The van der Waals surface area contributed by atoms with Crippen molar-refractivity contribution in [2.24, 2.45) is 0 Å². The minimum atomic E-state index is -1.09. The first kappa shape index (κ1) is 15.6. The first-order valence-electron chi connectivity index (χ1n) is 6.54. The predicted molar refractivity (Wildman–Crippen MR) is 78.8 cm³/mol. The van der Waals surface area contributed by atoms with Crippen LogP contribution >= 0.6 is 11.6 Å². The van der Waals surface area contributed by atoms with E-state index < -0.39 is 24.1 Å². The van der Waals surface area contributed by atoms with E-state index in [0.717, 1.165) is 0 Å². The Bertz CT molecular complexity index is 526. The summed E-state index contributed by atoms with van der Waals surface area (Å²) in [6.45, 7) is 2.44. The summed E-state index contributed by atoms with van der Waals surface area (Å²) in [6, 6.07) is 5.97. The highest BCUT2D eigenvalue weighted by molar-refractivity contribution is 6.30. The van der Waals surface area contributed by atoms with Gasteiger partial charge in [0.25, 0.3) is 0 Å². The average Bonchev–Trinajstić information content (AvgIpc) is 2.83. The molecule has 2 amide bonds. The number of nitrogens with one attached hydrogen (secondary N) is 1. The summed E-state index contributed by atoms with van der Waals surface area (Å²) in [4.78, 5) is 24.6. The molecule has 1 saturated heterocycles. The number of carbonyl (C=O) groups is 2. The summed E-state index contributed by atoms with van der Waals surface area (Å²) in [6.07, 6.45) is 0.695. The number of hydrogen-bond donors (Lipinski definition) is 2. The molecule has 2 rings (SSSR count). The minimum Gasteiger partial charge on any atom is -0.480 e. The van der Waals surface area contributed by atoms with Crippen LogP contribution in [0.25, 0.3) is 0 Å². The van der Waals surface area contributed by atoms with Crippen molar-refractivity contribution in [1.82, 2.24) is 5.32 Å². The first-order chi connectivity index (χ1) is 9.89. The third-order valence-electron chi connectivity index (χ3n) is 3.30. The van der Waals surface area contributed by atoms with Gasteiger partial charge in [-0.05, 0) is 37.6 Å². The van der Waals surface area contributed by atoms with E-state index in [1.165, 1.54) is 4.90 Å². The van der Waals surface area contributed by atoms with Gasteiger partial charge >= 0.3 is 12.0 Å². The maximum Gasteiger partial charge on any atom is 0.323 e. The summed E-state index contributed by atoms with van der Waals surface area (Å²) in [5.74, 6) is -1.09. The molecule has 21 heavy (non-hydrogen) atoms. The Morgan fingerprint density at radius 3 is 2.62 bits per heavy atom. The van der Waals surface area contributed by atoms with Crippen LogP contribution in [0.4, 0.5) is 10.5 Å². The van der Waals surface area contributed by atoms with Crippen LogP contribution in [0.3, 0.4) is 0 Å². The number of halogens is 1. The Hall–Kier alpha value is -1.79. The van der Waals surface area contributed by atoms with Gasteiger partial charge < -0.3 is 15.2 Å². The van der Waals surface area contributed by atoms with Crippen LogP contribution in [-0.2, 0) is 9.53 Å². The first-order valence-corrected chi connectivity index (χ1v) is 6.92. The van der Waals surface area contributed by atoms with E-state index in [1.54, 1.807) is 24.3 Å². The zero-order valence-corrected chi connectivity index (χ0v) is 12.4. The highest BCUT2D eigenvalue weighted by atomic mass is 35.5. The third kappa shape index (κ3) is 4.09. The summed E-state index contributed by atoms with van der Waals surface area (Å²) in [5, 5.41) is 12.4.